The highest BCUT2D eigenvalue weighted by atomic mass is 32.2. The van der Waals surface area contributed by atoms with Gasteiger partial charge in [0.1, 0.15) is 0 Å². The van der Waals surface area contributed by atoms with Crippen LogP contribution in [0.25, 0.3) is 6.08 Å². The summed E-state index contributed by atoms with van der Waals surface area (Å²) in [4.78, 5) is 17.4. The SMILES string of the molecule is O=C1N=C(N2CCCCC2)S/C1=C\c1c(F)c(F)c(F)c(F)c1F. The van der Waals surface area contributed by atoms with Crippen molar-refractivity contribution in [3.05, 3.63) is 39.6 Å². The third-order valence-corrected chi connectivity index (χ3v) is 4.80. The highest BCUT2D eigenvalue weighted by Crippen LogP contribution is 2.33. The lowest BCUT2D eigenvalue weighted by Crippen LogP contribution is -2.33. The quantitative estimate of drug-likeness (QED) is 0.329. The molecular weight excluding hydrogens is 351 g/mol. The van der Waals surface area contributed by atoms with E-state index in [9.17, 15) is 26.7 Å². The Morgan fingerprint density at radius 1 is 0.875 bits per heavy atom. The van der Waals surface area contributed by atoms with Crippen molar-refractivity contribution in [1.82, 2.24) is 4.90 Å². The Morgan fingerprint density at radius 2 is 1.42 bits per heavy atom. The average Bonchev–Trinajstić information content (AvgIpc) is 2.97. The summed E-state index contributed by atoms with van der Waals surface area (Å²) in [5, 5.41) is 0.384. The second kappa shape index (κ2) is 6.54. The molecule has 0 N–H and O–H groups in total. The number of likely N-dealkylation sites (tertiary alicyclic amines) is 1. The molecule has 3 rings (SSSR count). The van der Waals surface area contributed by atoms with E-state index in [1.165, 1.54) is 0 Å². The van der Waals surface area contributed by atoms with Crippen LogP contribution in [-0.2, 0) is 4.79 Å². The lowest BCUT2D eigenvalue weighted by molar-refractivity contribution is -0.113. The molecule has 0 unspecified atom stereocenters. The lowest BCUT2D eigenvalue weighted by atomic mass is 10.1. The number of halogens is 5. The number of amidine groups is 1. The number of aliphatic imine (C=N–C) groups is 1. The van der Waals surface area contributed by atoms with Crippen LogP contribution in [-0.4, -0.2) is 29.1 Å². The van der Waals surface area contributed by atoms with Gasteiger partial charge in [0.25, 0.3) is 5.91 Å². The lowest BCUT2D eigenvalue weighted by Gasteiger charge is -2.27. The second-order valence-electron chi connectivity index (χ2n) is 5.34. The van der Waals surface area contributed by atoms with E-state index in [0.29, 0.717) is 24.3 Å². The number of benzene rings is 1. The molecule has 0 bridgehead atoms. The summed E-state index contributed by atoms with van der Waals surface area (Å²) >= 11 is 0.869. The fourth-order valence-corrected chi connectivity index (χ4v) is 3.44. The van der Waals surface area contributed by atoms with Crippen LogP contribution in [0, 0.1) is 29.1 Å². The molecule has 2 aliphatic heterocycles. The van der Waals surface area contributed by atoms with Crippen molar-refractivity contribution in [3.8, 4) is 0 Å². The van der Waals surface area contributed by atoms with Crippen molar-refractivity contribution in [2.75, 3.05) is 13.1 Å². The average molecular weight is 362 g/mol. The zero-order valence-electron chi connectivity index (χ0n) is 12.2. The molecule has 1 fully saturated rings. The molecule has 24 heavy (non-hydrogen) atoms. The zero-order chi connectivity index (χ0) is 17.4. The number of thioether (sulfide) groups is 1. The predicted octanol–water partition coefficient (Wildman–Crippen LogP) is 3.84. The first-order valence-electron chi connectivity index (χ1n) is 7.19. The summed E-state index contributed by atoms with van der Waals surface area (Å²) < 4.78 is 66.9. The molecule has 0 saturated carbocycles. The molecule has 0 aliphatic carbocycles. The standard InChI is InChI=1S/C15H11F5N2OS/c16-9-7(10(17)12(19)13(20)11(9)18)6-8-14(23)21-15(24-8)22-4-2-1-3-5-22/h6H,1-5H2/b8-6-. The molecule has 0 atom stereocenters. The van der Waals surface area contributed by atoms with Gasteiger partial charge in [-0.3, -0.25) is 4.79 Å². The summed E-state index contributed by atoms with van der Waals surface area (Å²) in [5.41, 5.74) is -1.14. The maximum atomic E-state index is 13.7. The van der Waals surface area contributed by atoms with Gasteiger partial charge in [-0.05, 0) is 37.1 Å². The maximum absolute atomic E-state index is 13.7. The van der Waals surface area contributed by atoms with Gasteiger partial charge in [0, 0.05) is 13.1 Å². The van der Waals surface area contributed by atoms with Crippen molar-refractivity contribution in [1.29, 1.82) is 0 Å². The van der Waals surface area contributed by atoms with Crippen LogP contribution in [0.3, 0.4) is 0 Å². The second-order valence-corrected chi connectivity index (χ2v) is 6.35. The molecule has 1 aromatic rings. The summed E-state index contributed by atoms with van der Waals surface area (Å²) in [7, 11) is 0. The Bertz CT molecular complexity index is 743. The Balaban J connectivity index is 1.92. The van der Waals surface area contributed by atoms with E-state index in [1.807, 2.05) is 4.90 Å². The van der Waals surface area contributed by atoms with Gasteiger partial charge in [0.2, 0.25) is 5.82 Å². The van der Waals surface area contributed by atoms with Gasteiger partial charge in [-0.2, -0.15) is 4.99 Å². The molecule has 1 aromatic carbocycles. The Kier molecular flexibility index (Phi) is 4.62. The number of hydrogen-bond acceptors (Lipinski definition) is 3. The molecular formula is C15H11F5N2OS. The Morgan fingerprint density at radius 3 is 2.00 bits per heavy atom. The van der Waals surface area contributed by atoms with Crippen molar-refractivity contribution < 1.29 is 26.7 Å². The first-order valence-corrected chi connectivity index (χ1v) is 8.00. The topological polar surface area (TPSA) is 32.7 Å². The van der Waals surface area contributed by atoms with E-state index in [0.717, 1.165) is 31.0 Å². The van der Waals surface area contributed by atoms with Crippen molar-refractivity contribution >= 4 is 28.9 Å². The number of carbonyl (C=O) groups excluding carboxylic acids is 1. The van der Waals surface area contributed by atoms with E-state index in [-0.39, 0.29) is 4.91 Å². The molecule has 9 heteroatoms. The van der Waals surface area contributed by atoms with Crippen molar-refractivity contribution in [3.63, 3.8) is 0 Å². The van der Waals surface area contributed by atoms with Gasteiger partial charge in [-0.1, -0.05) is 0 Å². The Labute approximate surface area is 138 Å². The minimum absolute atomic E-state index is 0.182. The molecule has 3 nitrogen and oxygen atoms in total. The molecule has 1 amide bonds. The van der Waals surface area contributed by atoms with E-state index in [1.54, 1.807) is 0 Å². The molecule has 2 heterocycles. The molecule has 2 aliphatic rings. The number of nitrogens with zero attached hydrogens (tertiary/aromatic N) is 2. The van der Waals surface area contributed by atoms with Gasteiger partial charge < -0.3 is 4.90 Å². The smallest absolute Gasteiger partial charge is 0.286 e. The number of carbonyl (C=O) groups is 1. The minimum Gasteiger partial charge on any atom is -0.351 e. The van der Waals surface area contributed by atoms with Gasteiger partial charge in [-0.15, -0.1) is 0 Å². The fraction of sp³-hybridized carbons (Fsp3) is 0.333. The van der Waals surface area contributed by atoms with Crippen LogP contribution in [0.4, 0.5) is 22.0 Å². The summed E-state index contributed by atoms with van der Waals surface area (Å²) in [5.74, 6) is -11.0. The van der Waals surface area contributed by atoms with Crippen molar-refractivity contribution in [2.45, 2.75) is 19.3 Å². The van der Waals surface area contributed by atoms with Crippen LogP contribution in [0.2, 0.25) is 0 Å². The third kappa shape index (κ3) is 2.92. The van der Waals surface area contributed by atoms with Crippen molar-refractivity contribution in [2.24, 2.45) is 4.99 Å². The fourth-order valence-electron chi connectivity index (χ4n) is 2.50. The third-order valence-electron chi connectivity index (χ3n) is 3.75. The molecule has 128 valence electrons. The molecule has 0 spiro atoms. The van der Waals surface area contributed by atoms with E-state index >= 15 is 0 Å². The summed E-state index contributed by atoms with van der Waals surface area (Å²) in [6.07, 6.45) is 3.59. The normalized spacial score (nSPS) is 20.0. The van der Waals surface area contributed by atoms with Gasteiger partial charge in [-0.25, -0.2) is 22.0 Å². The maximum Gasteiger partial charge on any atom is 0.286 e. The summed E-state index contributed by atoms with van der Waals surface area (Å²) in [6, 6.07) is 0. The van der Waals surface area contributed by atoms with E-state index < -0.39 is 40.6 Å². The summed E-state index contributed by atoms with van der Waals surface area (Å²) in [6.45, 7) is 1.41. The number of hydrogen-bond donors (Lipinski definition) is 0. The monoisotopic (exact) mass is 362 g/mol. The van der Waals surface area contributed by atoms with E-state index in [2.05, 4.69) is 4.99 Å². The first kappa shape index (κ1) is 16.9. The zero-order valence-corrected chi connectivity index (χ0v) is 13.0. The van der Waals surface area contributed by atoms with Gasteiger partial charge in [0.05, 0.1) is 10.5 Å². The highest BCUT2D eigenvalue weighted by molar-refractivity contribution is 8.18. The van der Waals surface area contributed by atoms with Gasteiger partial charge in [0.15, 0.2) is 28.4 Å². The van der Waals surface area contributed by atoms with Gasteiger partial charge >= 0.3 is 0 Å². The minimum atomic E-state index is -2.23. The van der Waals surface area contributed by atoms with Crippen LogP contribution in [0.15, 0.2) is 9.90 Å². The number of piperidine rings is 1. The Hall–Kier alpha value is -1.90. The van der Waals surface area contributed by atoms with Crippen LogP contribution in [0.1, 0.15) is 24.8 Å². The highest BCUT2D eigenvalue weighted by Gasteiger charge is 2.30. The molecule has 0 aromatic heterocycles. The van der Waals surface area contributed by atoms with Crippen LogP contribution >= 0.6 is 11.8 Å². The largest absolute Gasteiger partial charge is 0.351 e. The molecule has 0 radical (unpaired) electrons. The predicted molar refractivity (Wildman–Crippen MR) is 79.7 cm³/mol. The van der Waals surface area contributed by atoms with Crippen LogP contribution < -0.4 is 0 Å². The number of rotatable bonds is 1. The number of amides is 1. The first-order chi connectivity index (χ1) is 11.4. The molecule has 1 saturated heterocycles. The van der Waals surface area contributed by atoms with Crippen LogP contribution in [0.5, 0.6) is 0 Å². The van der Waals surface area contributed by atoms with E-state index in [4.69, 9.17) is 0 Å².